The van der Waals surface area contributed by atoms with Crippen molar-refractivity contribution in [1.29, 1.82) is 0 Å². The van der Waals surface area contributed by atoms with Crippen molar-refractivity contribution >= 4 is 18.0 Å². The van der Waals surface area contributed by atoms with Crippen LogP contribution in [0.3, 0.4) is 0 Å². The van der Waals surface area contributed by atoms with Crippen molar-refractivity contribution in [2.75, 3.05) is 26.4 Å². The van der Waals surface area contributed by atoms with E-state index >= 15 is 0 Å². The van der Waals surface area contributed by atoms with Crippen molar-refractivity contribution in [2.45, 2.75) is 45.0 Å². The van der Waals surface area contributed by atoms with E-state index in [1.165, 1.54) is 4.90 Å². The summed E-state index contributed by atoms with van der Waals surface area (Å²) < 4.78 is 15.1. The molecule has 0 bridgehead atoms. The number of hydrogen-bond donors (Lipinski definition) is 2. The highest BCUT2D eigenvalue weighted by Gasteiger charge is 2.34. The summed E-state index contributed by atoms with van der Waals surface area (Å²) in [4.78, 5) is 37.4. The number of benzene rings is 1. The molecular formula is C20H28N2O7. The van der Waals surface area contributed by atoms with Gasteiger partial charge in [-0.1, -0.05) is 30.3 Å². The van der Waals surface area contributed by atoms with Crippen LogP contribution in [-0.4, -0.2) is 72.7 Å². The van der Waals surface area contributed by atoms with Gasteiger partial charge in [0.1, 0.15) is 12.6 Å². The molecule has 0 radical (unpaired) electrons. The number of hydrogen-bond acceptors (Lipinski definition) is 7. The number of morpholine rings is 1. The second kappa shape index (κ2) is 11.4. The summed E-state index contributed by atoms with van der Waals surface area (Å²) in [5, 5.41) is 11.9. The van der Waals surface area contributed by atoms with E-state index in [1.54, 1.807) is 13.8 Å². The van der Waals surface area contributed by atoms with E-state index in [9.17, 15) is 14.4 Å². The minimum atomic E-state index is -1.48. The summed E-state index contributed by atoms with van der Waals surface area (Å²) in [6, 6.07) is 8.30. The quantitative estimate of drug-likeness (QED) is 0.590. The fraction of sp³-hybridized carbons (Fsp3) is 0.550. The van der Waals surface area contributed by atoms with Crippen LogP contribution in [0.15, 0.2) is 30.3 Å². The molecule has 1 aromatic rings. The van der Waals surface area contributed by atoms with E-state index in [2.05, 4.69) is 5.32 Å². The van der Waals surface area contributed by atoms with Crippen molar-refractivity contribution < 1.29 is 33.7 Å². The van der Waals surface area contributed by atoms with Gasteiger partial charge in [0.05, 0.1) is 19.3 Å². The largest absolute Gasteiger partial charge is 0.507 e. The zero-order valence-corrected chi connectivity index (χ0v) is 16.7. The van der Waals surface area contributed by atoms with Gasteiger partial charge < -0.3 is 24.2 Å². The predicted molar refractivity (Wildman–Crippen MR) is 103 cm³/mol. The molecule has 29 heavy (non-hydrogen) atoms. The molecule has 9 nitrogen and oxygen atoms in total. The first-order chi connectivity index (χ1) is 13.9. The molecule has 160 valence electrons. The van der Waals surface area contributed by atoms with Crippen LogP contribution in [0.2, 0.25) is 0 Å². The SMILES string of the molecule is CCOC(=O)C(CCc1ccccc1)N[C@@H](C)C(=O)N1CCOCC1OC(=O)O. The van der Waals surface area contributed by atoms with Crippen LogP contribution in [0.1, 0.15) is 25.8 Å². The molecule has 0 saturated carbocycles. The normalized spacial score (nSPS) is 18.6. The molecule has 1 saturated heterocycles. The molecular weight excluding hydrogens is 380 g/mol. The molecule has 1 aromatic carbocycles. The average Bonchev–Trinajstić information content (AvgIpc) is 2.71. The second-order valence-corrected chi connectivity index (χ2v) is 6.66. The van der Waals surface area contributed by atoms with E-state index in [0.29, 0.717) is 12.8 Å². The molecule has 0 spiro atoms. The first kappa shape index (κ1) is 22.6. The molecule has 3 atom stereocenters. The number of nitrogens with one attached hydrogen (secondary N) is 1. The Morgan fingerprint density at radius 3 is 2.69 bits per heavy atom. The van der Waals surface area contributed by atoms with Crippen LogP contribution in [0, 0.1) is 0 Å². The van der Waals surface area contributed by atoms with Crippen molar-refractivity contribution in [1.82, 2.24) is 10.2 Å². The third-order valence-corrected chi connectivity index (χ3v) is 4.56. The van der Waals surface area contributed by atoms with Crippen LogP contribution in [0.4, 0.5) is 4.79 Å². The molecule has 1 aliphatic rings. The summed E-state index contributed by atoms with van der Waals surface area (Å²) >= 11 is 0. The van der Waals surface area contributed by atoms with E-state index in [0.717, 1.165) is 5.56 Å². The molecule has 9 heteroatoms. The Balaban J connectivity index is 2.02. The lowest BCUT2D eigenvalue weighted by atomic mass is 10.0. The first-order valence-corrected chi connectivity index (χ1v) is 9.66. The highest BCUT2D eigenvalue weighted by Crippen LogP contribution is 2.13. The lowest BCUT2D eigenvalue weighted by Crippen LogP contribution is -2.57. The predicted octanol–water partition coefficient (Wildman–Crippen LogP) is 1.41. The van der Waals surface area contributed by atoms with Crippen LogP contribution in [0.5, 0.6) is 0 Å². The van der Waals surface area contributed by atoms with Gasteiger partial charge in [0, 0.05) is 6.54 Å². The van der Waals surface area contributed by atoms with E-state index in [-0.39, 0.29) is 32.3 Å². The van der Waals surface area contributed by atoms with Crippen molar-refractivity contribution in [3.05, 3.63) is 35.9 Å². The number of ether oxygens (including phenoxy) is 3. The fourth-order valence-corrected chi connectivity index (χ4v) is 3.14. The van der Waals surface area contributed by atoms with Gasteiger partial charge in [-0.2, -0.15) is 0 Å². The number of carbonyl (C=O) groups is 3. The maximum absolute atomic E-state index is 12.9. The third kappa shape index (κ3) is 7.03. The number of carbonyl (C=O) groups excluding carboxylic acids is 2. The minimum absolute atomic E-state index is 0.0277. The third-order valence-electron chi connectivity index (χ3n) is 4.56. The molecule has 1 fully saturated rings. The molecule has 2 unspecified atom stereocenters. The molecule has 1 aliphatic heterocycles. The zero-order chi connectivity index (χ0) is 21.2. The standard InChI is InChI=1S/C20H28N2O7/c1-3-28-19(24)16(10-9-15-7-5-4-6-8-15)21-14(2)18(23)22-11-12-27-13-17(22)29-20(25)26/h4-8,14,16-17,21H,3,9-13H2,1-2H3,(H,25,26)/t14-,16?,17?/m0/s1. The van der Waals surface area contributed by atoms with Gasteiger partial charge >= 0.3 is 12.1 Å². The second-order valence-electron chi connectivity index (χ2n) is 6.66. The average molecular weight is 408 g/mol. The van der Waals surface area contributed by atoms with Crippen LogP contribution in [-0.2, 0) is 30.2 Å². The molecule has 1 amide bonds. The highest BCUT2D eigenvalue weighted by atomic mass is 16.7. The Bertz CT molecular complexity index is 683. The van der Waals surface area contributed by atoms with Gasteiger partial charge in [-0.05, 0) is 32.3 Å². The Hall–Kier alpha value is -2.65. The summed E-state index contributed by atoms with van der Waals surface area (Å²) in [5.41, 5.74) is 1.07. The summed E-state index contributed by atoms with van der Waals surface area (Å²) in [7, 11) is 0. The lowest BCUT2D eigenvalue weighted by Gasteiger charge is -2.36. The van der Waals surface area contributed by atoms with Crippen molar-refractivity contribution in [2.24, 2.45) is 0 Å². The Morgan fingerprint density at radius 2 is 2.03 bits per heavy atom. The number of esters is 1. The Morgan fingerprint density at radius 1 is 1.31 bits per heavy atom. The van der Waals surface area contributed by atoms with Gasteiger partial charge in [-0.15, -0.1) is 0 Å². The summed E-state index contributed by atoms with van der Waals surface area (Å²) in [6.45, 7) is 4.06. The number of nitrogens with zero attached hydrogens (tertiary/aromatic N) is 1. The van der Waals surface area contributed by atoms with Crippen LogP contribution >= 0.6 is 0 Å². The summed E-state index contributed by atoms with van der Waals surface area (Å²) in [6.07, 6.45) is -1.39. The van der Waals surface area contributed by atoms with Gasteiger partial charge in [0.2, 0.25) is 12.1 Å². The van der Waals surface area contributed by atoms with E-state index < -0.39 is 30.4 Å². The van der Waals surface area contributed by atoms with Crippen molar-refractivity contribution in [3.8, 4) is 0 Å². The van der Waals surface area contributed by atoms with Crippen LogP contribution < -0.4 is 5.32 Å². The molecule has 1 heterocycles. The Kier molecular flexibility index (Phi) is 8.88. The smallest absolute Gasteiger partial charge is 0.465 e. The van der Waals surface area contributed by atoms with E-state index in [1.807, 2.05) is 30.3 Å². The first-order valence-electron chi connectivity index (χ1n) is 9.66. The summed E-state index contributed by atoms with van der Waals surface area (Å²) in [5.74, 6) is -0.794. The van der Waals surface area contributed by atoms with Gasteiger partial charge in [-0.25, -0.2) is 4.79 Å². The minimum Gasteiger partial charge on any atom is -0.465 e. The fourth-order valence-electron chi connectivity index (χ4n) is 3.14. The molecule has 0 aromatic heterocycles. The highest BCUT2D eigenvalue weighted by molar-refractivity contribution is 5.83. The maximum Gasteiger partial charge on any atom is 0.507 e. The zero-order valence-electron chi connectivity index (χ0n) is 16.7. The van der Waals surface area contributed by atoms with E-state index in [4.69, 9.17) is 19.3 Å². The molecule has 2 N–H and O–H groups in total. The van der Waals surface area contributed by atoms with Gasteiger partial charge in [0.15, 0.2) is 0 Å². The van der Waals surface area contributed by atoms with Crippen molar-refractivity contribution in [3.63, 3.8) is 0 Å². The topological polar surface area (TPSA) is 114 Å². The maximum atomic E-state index is 12.9. The van der Waals surface area contributed by atoms with Gasteiger partial charge in [0.25, 0.3) is 0 Å². The monoisotopic (exact) mass is 408 g/mol. The number of rotatable bonds is 9. The Labute approximate surface area is 169 Å². The van der Waals surface area contributed by atoms with Gasteiger partial charge in [-0.3, -0.25) is 14.9 Å². The number of amides is 1. The lowest BCUT2D eigenvalue weighted by molar-refractivity contribution is -0.161. The molecule has 0 aliphatic carbocycles. The number of carboxylic acid groups (broad SMARTS) is 1. The molecule has 2 rings (SSSR count). The van der Waals surface area contributed by atoms with Crippen LogP contribution in [0.25, 0.3) is 0 Å². The number of aryl methyl sites for hydroxylation is 1.